The number of benzene rings is 3. The van der Waals surface area contributed by atoms with Gasteiger partial charge in [0.1, 0.15) is 5.75 Å². The highest BCUT2D eigenvalue weighted by atomic mass is 16.5. The molecule has 0 aromatic heterocycles. The third-order valence-electron chi connectivity index (χ3n) is 5.39. The summed E-state index contributed by atoms with van der Waals surface area (Å²) >= 11 is 0. The lowest BCUT2D eigenvalue weighted by molar-refractivity contribution is -0.119. The number of anilines is 1. The molecule has 0 saturated carbocycles. The summed E-state index contributed by atoms with van der Waals surface area (Å²) in [7, 11) is 0. The minimum atomic E-state index is -0.412. The molecule has 0 heterocycles. The van der Waals surface area contributed by atoms with Crippen molar-refractivity contribution in [2.75, 3.05) is 11.9 Å². The van der Waals surface area contributed by atoms with Gasteiger partial charge in [0, 0.05) is 5.69 Å². The number of amides is 1. The Labute approximate surface area is 201 Å². The van der Waals surface area contributed by atoms with Gasteiger partial charge in [0.05, 0.1) is 18.3 Å². The summed E-state index contributed by atoms with van der Waals surface area (Å²) in [5.41, 5.74) is 8.06. The maximum atomic E-state index is 12.4. The van der Waals surface area contributed by atoms with Crippen LogP contribution in [0.25, 0.3) is 0 Å². The van der Waals surface area contributed by atoms with Gasteiger partial charge in [-0.1, -0.05) is 51.1 Å². The first-order valence-corrected chi connectivity index (χ1v) is 11.2. The van der Waals surface area contributed by atoms with Gasteiger partial charge >= 0.3 is 5.97 Å². The van der Waals surface area contributed by atoms with E-state index in [1.165, 1.54) is 6.21 Å². The summed E-state index contributed by atoms with van der Waals surface area (Å²) in [5, 5.41) is 7.14. The second-order valence-corrected chi connectivity index (χ2v) is 9.20. The molecule has 34 heavy (non-hydrogen) atoms. The molecule has 0 aliphatic heterocycles. The van der Waals surface area contributed by atoms with Gasteiger partial charge in [0.2, 0.25) is 0 Å². The molecular formula is C28H31N3O3. The molecule has 0 radical (unpaired) electrons. The predicted octanol–water partition coefficient (Wildman–Crippen LogP) is 5.38. The Balaban J connectivity index is 1.49. The maximum Gasteiger partial charge on any atom is 0.343 e. The molecule has 176 valence electrons. The van der Waals surface area contributed by atoms with Crippen LogP contribution in [0.5, 0.6) is 5.75 Å². The van der Waals surface area contributed by atoms with Crippen molar-refractivity contribution in [1.29, 1.82) is 0 Å². The van der Waals surface area contributed by atoms with E-state index in [1.54, 1.807) is 36.4 Å². The van der Waals surface area contributed by atoms with Crippen molar-refractivity contribution in [3.63, 3.8) is 0 Å². The zero-order valence-electron chi connectivity index (χ0n) is 20.3. The van der Waals surface area contributed by atoms with Crippen LogP contribution in [0.3, 0.4) is 0 Å². The number of hydrogen-bond acceptors (Lipinski definition) is 5. The second kappa shape index (κ2) is 10.8. The van der Waals surface area contributed by atoms with Gasteiger partial charge < -0.3 is 10.1 Å². The average molecular weight is 458 g/mol. The summed E-state index contributed by atoms with van der Waals surface area (Å²) < 4.78 is 5.46. The van der Waals surface area contributed by atoms with E-state index in [0.717, 1.165) is 27.9 Å². The SMILES string of the molecule is Cc1cccc(C)c1NCC(=O)N/N=C/c1ccc(OC(=O)c2ccc(C(C)(C)C)cc2)cc1. The average Bonchev–Trinajstić information content (AvgIpc) is 2.79. The Kier molecular flexibility index (Phi) is 7.84. The second-order valence-electron chi connectivity index (χ2n) is 9.20. The molecule has 0 aliphatic rings. The summed E-state index contributed by atoms with van der Waals surface area (Å²) in [5.74, 6) is -0.226. The lowest BCUT2D eigenvalue weighted by atomic mass is 9.87. The molecule has 0 bridgehead atoms. The predicted molar refractivity (Wildman–Crippen MR) is 137 cm³/mol. The molecule has 0 unspecified atom stereocenters. The number of nitrogens with zero attached hydrogens (tertiary/aromatic N) is 1. The normalized spacial score (nSPS) is 11.3. The van der Waals surface area contributed by atoms with Crippen molar-refractivity contribution in [3.05, 3.63) is 94.5 Å². The minimum Gasteiger partial charge on any atom is -0.423 e. The molecule has 0 spiro atoms. The van der Waals surface area contributed by atoms with Gasteiger partial charge in [-0.2, -0.15) is 5.10 Å². The molecule has 3 rings (SSSR count). The van der Waals surface area contributed by atoms with E-state index in [9.17, 15) is 9.59 Å². The van der Waals surface area contributed by atoms with Gasteiger partial charge in [0.25, 0.3) is 5.91 Å². The first-order chi connectivity index (χ1) is 16.1. The summed E-state index contributed by atoms with van der Waals surface area (Å²) in [6.45, 7) is 10.5. The number of carbonyl (C=O) groups excluding carboxylic acids is 2. The number of rotatable bonds is 7. The number of para-hydroxylation sites is 1. The van der Waals surface area contributed by atoms with Crippen LogP contribution >= 0.6 is 0 Å². The van der Waals surface area contributed by atoms with Crippen molar-refractivity contribution in [2.45, 2.75) is 40.0 Å². The maximum absolute atomic E-state index is 12.4. The van der Waals surface area contributed by atoms with E-state index >= 15 is 0 Å². The van der Waals surface area contributed by atoms with E-state index in [-0.39, 0.29) is 17.9 Å². The Morgan fingerprint density at radius 2 is 1.53 bits per heavy atom. The molecule has 0 atom stereocenters. The van der Waals surface area contributed by atoms with Crippen LogP contribution in [-0.4, -0.2) is 24.6 Å². The van der Waals surface area contributed by atoms with Crippen LogP contribution in [0.2, 0.25) is 0 Å². The Morgan fingerprint density at radius 3 is 2.12 bits per heavy atom. The van der Waals surface area contributed by atoms with E-state index in [2.05, 4.69) is 36.6 Å². The van der Waals surface area contributed by atoms with Gasteiger partial charge in [-0.05, 0) is 77.9 Å². The van der Waals surface area contributed by atoms with Crippen molar-refractivity contribution in [3.8, 4) is 5.75 Å². The number of esters is 1. The number of hydrogen-bond donors (Lipinski definition) is 2. The molecule has 0 aliphatic carbocycles. The fourth-order valence-electron chi connectivity index (χ4n) is 3.37. The van der Waals surface area contributed by atoms with Gasteiger partial charge in [-0.3, -0.25) is 4.79 Å². The van der Waals surface area contributed by atoms with Crippen molar-refractivity contribution < 1.29 is 14.3 Å². The Morgan fingerprint density at radius 1 is 0.912 bits per heavy atom. The van der Waals surface area contributed by atoms with Gasteiger partial charge in [-0.15, -0.1) is 0 Å². The molecule has 2 N–H and O–H groups in total. The monoisotopic (exact) mass is 457 g/mol. The molecular weight excluding hydrogens is 426 g/mol. The minimum absolute atomic E-state index is 0.0236. The highest BCUT2D eigenvalue weighted by molar-refractivity contribution is 5.91. The zero-order chi connectivity index (χ0) is 24.7. The van der Waals surface area contributed by atoms with E-state index in [0.29, 0.717) is 11.3 Å². The van der Waals surface area contributed by atoms with Crippen LogP contribution in [-0.2, 0) is 10.2 Å². The van der Waals surface area contributed by atoms with E-state index in [1.807, 2.05) is 44.2 Å². The molecule has 6 nitrogen and oxygen atoms in total. The number of ether oxygens (including phenoxy) is 1. The Bertz CT molecular complexity index is 1150. The molecule has 0 saturated heterocycles. The molecule has 3 aromatic carbocycles. The third kappa shape index (κ3) is 6.78. The lowest BCUT2D eigenvalue weighted by Gasteiger charge is -2.18. The lowest BCUT2D eigenvalue weighted by Crippen LogP contribution is -2.26. The van der Waals surface area contributed by atoms with Gasteiger partial charge in [0.15, 0.2) is 0 Å². The first kappa shape index (κ1) is 24.7. The third-order valence-corrected chi connectivity index (χ3v) is 5.39. The first-order valence-electron chi connectivity index (χ1n) is 11.2. The number of hydrazone groups is 1. The molecule has 0 fully saturated rings. The largest absolute Gasteiger partial charge is 0.423 e. The number of carbonyl (C=O) groups is 2. The van der Waals surface area contributed by atoms with Crippen LogP contribution in [0.4, 0.5) is 5.69 Å². The van der Waals surface area contributed by atoms with Crippen LogP contribution in [0, 0.1) is 13.8 Å². The van der Waals surface area contributed by atoms with Crippen molar-refractivity contribution in [1.82, 2.24) is 5.43 Å². The molecule has 6 heteroatoms. The van der Waals surface area contributed by atoms with Crippen LogP contribution in [0.15, 0.2) is 71.8 Å². The van der Waals surface area contributed by atoms with E-state index < -0.39 is 5.97 Å². The fraction of sp³-hybridized carbons (Fsp3) is 0.250. The van der Waals surface area contributed by atoms with Gasteiger partial charge in [-0.25, -0.2) is 10.2 Å². The summed E-state index contributed by atoms with van der Waals surface area (Å²) in [6, 6.07) is 20.3. The summed E-state index contributed by atoms with van der Waals surface area (Å²) in [4.78, 5) is 24.5. The van der Waals surface area contributed by atoms with Crippen molar-refractivity contribution in [2.24, 2.45) is 5.10 Å². The smallest absolute Gasteiger partial charge is 0.343 e. The summed E-state index contributed by atoms with van der Waals surface area (Å²) in [6.07, 6.45) is 1.54. The number of nitrogens with one attached hydrogen (secondary N) is 2. The highest BCUT2D eigenvalue weighted by Gasteiger charge is 2.15. The number of aryl methyl sites for hydroxylation is 2. The Hall–Kier alpha value is -3.93. The zero-order valence-corrected chi connectivity index (χ0v) is 20.3. The topological polar surface area (TPSA) is 79.8 Å². The quantitative estimate of drug-likeness (QED) is 0.216. The van der Waals surface area contributed by atoms with Crippen LogP contribution in [0.1, 0.15) is 53.4 Å². The highest BCUT2D eigenvalue weighted by Crippen LogP contribution is 2.23. The van der Waals surface area contributed by atoms with Crippen molar-refractivity contribution >= 4 is 23.8 Å². The molecule has 3 aromatic rings. The standard InChI is InChI=1S/C28H31N3O3/c1-19-7-6-8-20(2)26(19)29-18-25(32)31-30-17-21-9-15-24(16-10-21)34-27(33)22-11-13-23(14-12-22)28(3,4)5/h6-17,29H,18H2,1-5H3,(H,31,32)/b30-17+. The van der Waals surface area contributed by atoms with E-state index in [4.69, 9.17) is 4.74 Å². The fourth-order valence-corrected chi connectivity index (χ4v) is 3.37. The van der Waals surface area contributed by atoms with Crippen LogP contribution < -0.4 is 15.5 Å². The molecule has 1 amide bonds.